The molecule has 1 fully saturated rings. The number of hydrogen-bond acceptors (Lipinski definition) is 8. The lowest BCUT2D eigenvalue weighted by atomic mass is 10.1. The Hall–Kier alpha value is -3.73. The van der Waals surface area contributed by atoms with Gasteiger partial charge in [-0.3, -0.25) is 14.9 Å². The predicted octanol–water partition coefficient (Wildman–Crippen LogP) is 2.40. The summed E-state index contributed by atoms with van der Waals surface area (Å²) in [5.74, 6) is -0.534. The SMILES string of the molecule is COc1ccc(S(=O)(=O)CCC(=O)Nc2nnc(C3CC(=O)N(c4ccccc4)C3)o2)cc1. The second-order valence-electron chi connectivity index (χ2n) is 7.48. The number of ether oxygens (including phenoxy) is 1. The number of hydrogen-bond donors (Lipinski definition) is 1. The molecule has 2 amide bonds. The Morgan fingerprint density at radius 3 is 2.58 bits per heavy atom. The molecule has 0 bridgehead atoms. The Balaban J connectivity index is 1.33. The van der Waals surface area contributed by atoms with Crippen LogP contribution in [0.15, 0.2) is 63.9 Å². The van der Waals surface area contributed by atoms with Crippen molar-refractivity contribution < 1.29 is 27.2 Å². The number of carbonyl (C=O) groups is 2. The van der Waals surface area contributed by atoms with Gasteiger partial charge in [-0.1, -0.05) is 23.3 Å². The maximum absolute atomic E-state index is 12.4. The van der Waals surface area contributed by atoms with Crippen molar-refractivity contribution in [2.24, 2.45) is 0 Å². The van der Waals surface area contributed by atoms with Crippen LogP contribution >= 0.6 is 0 Å². The first-order valence-electron chi connectivity index (χ1n) is 10.2. The molecule has 3 aromatic rings. The first-order valence-corrected chi connectivity index (χ1v) is 11.9. The summed E-state index contributed by atoms with van der Waals surface area (Å²) in [6, 6.07) is 15.1. The number of nitrogens with one attached hydrogen (secondary N) is 1. The quantitative estimate of drug-likeness (QED) is 0.531. The van der Waals surface area contributed by atoms with Gasteiger partial charge in [-0.2, -0.15) is 0 Å². The molecule has 1 saturated heterocycles. The molecule has 2 heterocycles. The molecule has 0 radical (unpaired) electrons. The third-order valence-electron chi connectivity index (χ3n) is 5.25. The number of anilines is 2. The summed E-state index contributed by atoms with van der Waals surface area (Å²) < 4.78 is 35.4. The van der Waals surface area contributed by atoms with E-state index in [0.717, 1.165) is 5.69 Å². The maximum atomic E-state index is 12.4. The van der Waals surface area contributed by atoms with E-state index in [1.807, 2.05) is 30.3 Å². The molecule has 1 atom stereocenters. The monoisotopic (exact) mass is 470 g/mol. The molecule has 11 heteroatoms. The molecule has 2 aromatic carbocycles. The molecule has 1 unspecified atom stereocenters. The highest BCUT2D eigenvalue weighted by Gasteiger charge is 2.35. The van der Waals surface area contributed by atoms with Crippen LogP contribution in [0.3, 0.4) is 0 Å². The van der Waals surface area contributed by atoms with Crippen molar-refractivity contribution >= 4 is 33.4 Å². The molecule has 0 spiro atoms. The van der Waals surface area contributed by atoms with E-state index in [9.17, 15) is 18.0 Å². The van der Waals surface area contributed by atoms with Crippen LogP contribution in [0.4, 0.5) is 11.7 Å². The minimum Gasteiger partial charge on any atom is -0.497 e. The summed E-state index contributed by atoms with van der Waals surface area (Å²) in [4.78, 5) is 26.4. The van der Waals surface area contributed by atoms with Crippen LogP contribution in [-0.4, -0.2) is 49.8 Å². The average Bonchev–Trinajstić information content (AvgIpc) is 3.45. The van der Waals surface area contributed by atoms with Crippen LogP contribution in [0.2, 0.25) is 0 Å². The zero-order valence-electron chi connectivity index (χ0n) is 17.8. The Morgan fingerprint density at radius 1 is 1.15 bits per heavy atom. The molecule has 1 aliphatic rings. The topological polar surface area (TPSA) is 132 Å². The van der Waals surface area contributed by atoms with Gasteiger partial charge in [0.2, 0.25) is 17.7 Å². The fourth-order valence-electron chi connectivity index (χ4n) is 3.49. The normalized spacial score (nSPS) is 16.1. The fraction of sp³-hybridized carbons (Fsp3) is 0.273. The van der Waals surface area contributed by atoms with Gasteiger partial charge in [0.15, 0.2) is 9.84 Å². The van der Waals surface area contributed by atoms with Crippen molar-refractivity contribution in [2.75, 3.05) is 29.6 Å². The van der Waals surface area contributed by atoms with E-state index in [-0.39, 0.29) is 47.2 Å². The number of sulfone groups is 1. The summed E-state index contributed by atoms with van der Waals surface area (Å²) in [7, 11) is -2.16. The van der Waals surface area contributed by atoms with Crippen molar-refractivity contribution in [2.45, 2.75) is 23.7 Å². The molecule has 33 heavy (non-hydrogen) atoms. The van der Waals surface area contributed by atoms with Crippen molar-refractivity contribution in [1.29, 1.82) is 0 Å². The van der Waals surface area contributed by atoms with Crippen LogP contribution in [-0.2, 0) is 19.4 Å². The van der Waals surface area contributed by atoms with Gasteiger partial charge in [0.05, 0.1) is 23.7 Å². The Morgan fingerprint density at radius 2 is 1.88 bits per heavy atom. The second kappa shape index (κ2) is 9.41. The number of aromatic nitrogens is 2. The first-order chi connectivity index (χ1) is 15.9. The van der Waals surface area contributed by atoms with Gasteiger partial charge in [-0.15, -0.1) is 5.10 Å². The van der Waals surface area contributed by atoms with Gasteiger partial charge in [0.25, 0.3) is 0 Å². The average molecular weight is 471 g/mol. The summed E-state index contributed by atoms with van der Waals surface area (Å²) in [5.41, 5.74) is 0.788. The second-order valence-corrected chi connectivity index (χ2v) is 9.59. The standard InChI is InChI=1S/C22H22N4O6S/c1-31-17-7-9-18(10-8-17)33(29,30)12-11-19(27)23-22-25-24-21(32-22)15-13-20(28)26(14-15)16-5-3-2-4-6-16/h2-10,15H,11-14H2,1H3,(H,23,25,27). The van der Waals surface area contributed by atoms with Crippen LogP contribution in [0.25, 0.3) is 0 Å². The Bertz CT molecular complexity index is 1240. The van der Waals surface area contributed by atoms with Crippen LogP contribution in [0, 0.1) is 0 Å². The van der Waals surface area contributed by atoms with E-state index >= 15 is 0 Å². The number of carbonyl (C=O) groups excluding carboxylic acids is 2. The van der Waals surface area contributed by atoms with E-state index in [4.69, 9.17) is 9.15 Å². The van der Waals surface area contributed by atoms with Gasteiger partial charge >= 0.3 is 6.01 Å². The van der Waals surface area contributed by atoms with E-state index in [2.05, 4.69) is 15.5 Å². The van der Waals surface area contributed by atoms with E-state index in [1.54, 1.807) is 17.0 Å². The van der Waals surface area contributed by atoms with Crippen molar-refractivity contribution in [1.82, 2.24) is 10.2 Å². The summed E-state index contributed by atoms with van der Waals surface area (Å²) >= 11 is 0. The third-order valence-corrected chi connectivity index (χ3v) is 6.98. The third kappa shape index (κ3) is 5.20. The van der Waals surface area contributed by atoms with Crippen LogP contribution < -0.4 is 15.0 Å². The van der Waals surface area contributed by atoms with Gasteiger partial charge in [-0.05, 0) is 36.4 Å². The van der Waals surface area contributed by atoms with Crippen molar-refractivity contribution in [3.8, 4) is 5.75 Å². The first kappa shape index (κ1) is 22.5. The van der Waals surface area contributed by atoms with Gasteiger partial charge < -0.3 is 14.1 Å². The van der Waals surface area contributed by atoms with Crippen LogP contribution in [0.1, 0.15) is 24.7 Å². The summed E-state index contributed by atoms with van der Waals surface area (Å²) in [6.07, 6.45) is -0.0691. The largest absolute Gasteiger partial charge is 0.497 e. The Kier molecular flexibility index (Phi) is 6.40. The molecule has 172 valence electrons. The molecule has 1 aromatic heterocycles. The molecule has 1 aliphatic heterocycles. The van der Waals surface area contributed by atoms with Gasteiger partial charge in [0.1, 0.15) is 5.75 Å². The number of nitrogens with zero attached hydrogens (tertiary/aromatic N) is 3. The highest BCUT2D eigenvalue weighted by Crippen LogP contribution is 2.31. The smallest absolute Gasteiger partial charge is 0.322 e. The predicted molar refractivity (Wildman–Crippen MR) is 119 cm³/mol. The molecule has 10 nitrogen and oxygen atoms in total. The molecular weight excluding hydrogens is 448 g/mol. The molecule has 4 rings (SSSR count). The lowest BCUT2D eigenvalue weighted by Crippen LogP contribution is -2.24. The molecular formula is C22H22N4O6S. The molecule has 0 aliphatic carbocycles. The number of para-hydroxylation sites is 1. The van der Waals surface area contributed by atoms with Crippen molar-refractivity contribution in [3.05, 3.63) is 60.5 Å². The number of amides is 2. The van der Waals surface area contributed by atoms with E-state index in [0.29, 0.717) is 12.3 Å². The zero-order chi connectivity index (χ0) is 23.4. The summed E-state index contributed by atoms with van der Waals surface area (Å²) in [6.45, 7) is 0.387. The Labute approximate surface area is 190 Å². The van der Waals surface area contributed by atoms with Crippen LogP contribution in [0.5, 0.6) is 5.75 Å². The van der Waals surface area contributed by atoms with E-state index in [1.165, 1.54) is 19.2 Å². The fourth-order valence-corrected chi connectivity index (χ4v) is 4.73. The highest BCUT2D eigenvalue weighted by molar-refractivity contribution is 7.91. The number of benzene rings is 2. The van der Waals surface area contributed by atoms with Gasteiger partial charge in [0, 0.05) is 25.1 Å². The minimum absolute atomic E-state index is 0.0567. The van der Waals surface area contributed by atoms with Gasteiger partial charge in [-0.25, -0.2) is 8.42 Å². The highest BCUT2D eigenvalue weighted by atomic mass is 32.2. The molecule has 1 N–H and O–H groups in total. The van der Waals surface area contributed by atoms with Crippen molar-refractivity contribution in [3.63, 3.8) is 0 Å². The zero-order valence-corrected chi connectivity index (χ0v) is 18.6. The lowest BCUT2D eigenvalue weighted by molar-refractivity contribution is -0.117. The minimum atomic E-state index is -3.65. The lowest BCUT2D eigenvalue weighted by Gasteiger charge is -2.15. The van der Waals surface area contributed by atoms with E-state index < -0.39 is 15.7 Å². The number of methoxy groups -OCH3 is 1. The summed E-state index contributed by atoms with van der Waals surface area (Å²) in [5, 5.41) is 10.2. The maximum Gasteiger partial charge on any atom is 0.322 e. The number of rotatable bonds is 8. The molecule has 0 saturated carbocycles.